The molecule has 0 saturated carbocycles. The molecule has 0 fully saturated rings. The second-order valence-corrected chi connectivity index (χ2v) is 7.16. The number of carbonyl (C=O) groups is 2. The van der Waals surface area contributed by atoms with Crippen LogP contribution in [0.2, 0.25) is 0 Å². The van der Waals surface area contributed by atoms with Gasteiger partial charge >= 0.3 is 0 Å². The number of amides is 2. The number of nitrogens with zero attached hydrogens (tertiary/aromatic N) is 3. The van der Waals surface area contributed by atoms with Gasteiger partial charge in [-0.25, -0.2) is 4.68 Å². The molecule has 0 atom stereocenters. The third kappa shape index (κ3) is 4.78. The number of nitrogens with one attached hydrogen (secondary N) is 2. The topological polar surface area (TPSA) is 115 Å². The second-order valence-electron chi connectivity index (χ2n) is 7.16. The fourth-order valence-corrected chi connectivity index (χ4v) is 2.99. The third-order valence-electron chi connectivity index (χ3n) is 4.55. The van der Waals surface area contributed by atoms with Crippen molar-refractivity contribution in [3.8, 4) is 0 Å². The largest absolute Gasteiger partial charge is 0.382 e. The maximum Gasteiger partial charge on any atom is 0.280 e. The summed E-state index contributed by atoms with van der Waals surface area (Å²) < 4.78 is 1.20. The molecule has 0 spiro atoms. The number of benzene rings is 2. The first-order valence-electron chi connectivity index (χ1n) is 9.18. The number of carbonyl (C=O) groups excluding carboxylic acids is 2. The average molecular weight is 392 g/mol. The Kier molecular flexibility index (Phi) is 5.63. The minimum atomic E-state index is -0.478. The van der Waals surface area contributed by atoms with Crippen LogP contribution in [0.5, 0.6) is 0 Å². The van der Waals surface area contributed by atoms with Crippen LogP contribution in [-0.2, 0) is 11.3 Å². The Hall–Kier alpha value is -3.68. The highest BCUT2D eigenvalue weighted by atomic mass is 16.2. The summed E-state index contributed by atoms with van der Waals surface area (Å²) in [6.07, 6.45) is 0. The first-order chi connectivity index (χ1) is 13.7. The molecular weight excluding hydrogens is 368 g/mol. The molecule has 2 amide bonds. The number of hydrogen-bond donors (Lipinski definition) is 3. The molecule has 29 heavy (non-hydrogen) atoms. The van der Waals surface area contributed by atoms with Crippen LogP contribution >= 0.6 is 0 Å². The van der Waals surface area contributed by atoms with E-state index in [2.05, 4.69) is 20.9 Å². The minimum Gasteiger partial charge on any atom is -0.382 e. The van der Waals surface area contributed by atoms with Gasteiger partial charge in [0.1, 0.15) is 6.54 Å². The van der Waals surface area contributed by atoms with Crippen molar-refractivity contribution >= 4 is 29.0 Å². The summed E-state index contributed by atoms with van der Waals surface area (Å²) in [5.41, 5.74) is 11.6. The van der Waals surface area contributed by atoms with Gasteiger partial charge in [-0.2, -0.15) is 0 Å². The van der Waals surface area contributed by atoms with Crippen LogP contribution in [-0.4, -0.2) is 26.8 Å². The van der Waals surface area contributed by atoms with E-state index in [4.69, 9.17) is 5.73 Å². The van der Waals surface area contributed by atoms with Gasteiger partial charge in [-0.05, 0) is 74.2 Å². The van der Waals surface area contributed by atoms with Gasteiger partial charge < -0.3 is 16.4 Å². The Morgan fingerprint density at radius 2 is 1.62 bits per heavy atom. The van der Waals surface area contributed by atoms with Gasteiger partial charge in [0, 0.05) is 11.4 Å². The molecule has 3 rings (SSSR count). The second kappa shape index (κ2) is 8.14. The molecule has 0 radical (unpaired) electrons. The third-order valence-corrected chi connectivity index (χ3v) is 4.55. The number of anilines is 3. The Labute approximate surface area is 169 Å². The van der Waals surface area contributed by atoms with Crippen molar-refractivity contribution in [2.75, 3.05) is 16.4 Å². The lowest BCUT2D eigenvalue weighted by atomic mass is 10.1. The van der Waals surface area contributed by atoms with Crippen LogP contribution in [0.3, 0.4) is 0 Å². The van der Waals surface area contributed by atoms with E-state index >= 15 is 0 Å². The van der Waals surface area contributed by atoms with E-state index in [1.807, 2.05) is 64.1 Å². The molecule has 2 aromatic carbocycles. The lowest BCUT2D eigenvalue weighted by Gasteiger charge is -2.09. The lowest BCUT2D eigenvalue weighted by molar-refractivity contribution is -0.116. The maximum absolute atomic E-state index is 12.5. The molecule has 0 aliphatic heterocycles. The number of nitrogens with two attached hydrogens (primary N) is 1. The van der Waals surface area contributed by atoms with E-state index in [9.17, 15) is 9.59 Å². The van der Waals surface area contributed by atoms with Gasteiger partial charge in [-0.1, -0.05) is 17.3 Å². The quantitative estimate of drug-likeness (QED) is 0.617. The van der Waals surface area contributed by atoms with Crippen LogP contribution < -0.4 is 16.4 Å². The number of nitrogen functional groups attached to an aromatic ring is 1. The van der Waals surface area contributed by atoms with Gasteiger partial charge in [-0.15, -0.1) is 5.10 Å². The van der Waals surface area contributed by atoms with Crippen molar-refractivity contribution in [3.63, 3.8) is 0 Å². The standard InChI is InChI=1S/C21H24N6O2/c1-12-7-13(2)9-17(8-12)24-21(29)19-20(22)27(26-25-19)11-18(28)23-16-6-5-14(3)15(4)10-16/h5-10H,11,22H2,1-4H3,(H,23,28)(H,24,29). The van der Waals surface area contributed by atoms with Crippen molar-refractivity contribution in [2.45, 2.75) is 34.2 Å². The fraction of sp³-hybridized carbons (Fsp3) is 0.238. The summed E-state index contributed by atoms with van der Waals surface area (Å²) in [7, 11) is 0. The van der Waals surface area contributed by atoms with Gasteiger partial charge in [0.2, 0.25) is 5.91 Å². The predicted molar refractivity (Wildman–Crippen MR) is 113 cm³/mol. The molecule has 0 aliphatic rings. The molecule has 150 valence electrons. The Morgan fingerprint density at radius 1 is 0.931 bits per heavy atom. The van der Waals surface area contributed by atoms with Crippen LogP contribution in [0.25, 0.3) is 0 Å². The smallest absolute Gasteiger partial charge is 0.280 e. The number of aryl methyl sites for hydroxylation is 4. The van der Waals surface area contributed by atoms with E-state index < -0.39 is 5.91 Å². The Balaban J connectivity index is 1.68. The molecule has 4 N–H and O–H groups in total. The van der Waals surface area contributed by atoms with Crippen molar-refractivity contribution < 1.29 is 9.59 Å². The molecule has 1 heterocycles. The summed E-state index contributed by atoms with van der Waals surface area (Å²) in [4.78, 5) is 24.8. The summed E-state index contributed by atoms with van der Waals surface area (Å²) in [6, 6.07) is 11.4. The number of hydrogen-bond acceptors (Lipinski definition) is 5. The normalized spacial score (nSPS) is 10.6. The van der Waals surface area contributed by atoms with Gasteiger partial charge in [0.15, 0.2) is 11.5 Å². The molecule has 0 aliphatic carbocycles. The van der Waals surface area contributed by atoms with Crippen LogP contribution in [0, 0.1) is 27.7 Å². The van der Waals surface area contributed by atoms with E-state index in [0.29, 0.717) is 11.4 Å². The molecule has 0 saturated heterocycles. The molecule has 8 heteroatoms. The van der Waals surface area contributed by atoms with Crippen LogP contribution in [0.1, 0.15) is 32.7 Å². The zero-order valence-corrected chi connectivity index (χ0v) is 16.9. The minimum absolute atomic E-state index is 0.0249. The summed E-state index contributed by atoms with van der Waals surface area (Å²) in [5.74, 6) is -0.762. The van der Waals surface area contributed by atoms with Crippen molar-refractivity contribution in [1.29, 1.82) is 0 Å². The monoisotopic (exact) mass is 392 g/mol. The zero-order valence-electron chi connectivity index (χ0n) is 16.9. The Morgan fingerprint density at radius 3 is 2.28 bits per heavy atom. The van der Waals surface area contributed by atoms with Crippen molar-refractivity contribution in [2.24, 2.45) is 0 Å². The van der Waals surface area contributed by atoms with Gasteiger partial charge in [0.25, 0.3) is 5.91 Å². The highest BCUT2D eigenvalue weighted by Gasteiger charge is 2.19. The summed E-state index contributed by atoms with van der Waals surface area (Å²) in [5, 5.41) is 13.2. The average Bonchev–Trinajstić information content (AvgIpc) is 2.98. The first-order valence-corrected chi connectivity index (χ1v) is 9.18. The van der Waals surface area contributed by atoms with Gasteiger partial charge in [0.05, 0.1) is 0 Å². The molecule has 0 unspecified atom stereocenters. The summed E-state index contributed by atoms with van der Waals surface area (Å²) >= 11 is 0. The number of rotatable bonds is 5. The highest BCUT2D eigenvalue weighted by molar-refractivity contribution is 6.05. The molecule has 3 aromatic rings. The summed E-state index contributed by atoms with van der Waals surface area (Å²) in [6.45, 7) is 7.72. The first kappa shape index (κ1) is 20.1. The van der Waals surface area contributed by atoms with E-state index in [1.54, 1.807) is 0 Å². The fourth-order valence-electron chi connectivity index (χ4n) is 2.99. The number of aromatic nitrogens is 3. The lowest BCUT2D eigenvalue weighted by Crippen LogP contribution is -2.21. The SMILES string of the molecule is Cc1cc(C)cc(NC(=O)c2nnn(CC(=O)Nc3ccc(C)c(C)c3)c2N)c1. The maximum atomic E-state index is 12.5. The van der Waals surface area contributed by atoms with Crippen LogP contribution in [0.4, 0.5) is 17.2 Å². The van der Waals surface area contributed by atoms with E-state index in [0.717, 1.165) is 22.3 Å². The predicted octanol–water partition coefficient (Wildman–Crippen LogP) is 2.98. The molecular formula is C21H24N6O2. The van der Waals surface area contributed by atoms with Crippen molar-refractivity contribution in [1.82, 2.24) is 15.0 Å². The molecule has 1 aromatic heterocycles. The Bertz CT molecular complexity index is 1070. The molecule has 0 bridgehead atoms. The van der Waals surface area contributed by atoms with Gasteiger partial charge in [-0.3, -0.25) is 9.59 Å². The molecule has 8 nitrogen and oxygen atoms in total. The highest BCUT2D eigenvalue weighted by Crippen LogP contribution is 2.17. The van der Waals surface area contributed by atoms with Crippen LogP contribution in [0.15, 0.2) is 36.4 Å². The van der Waals surface area contributed by atoms with E-state index in [-0.39, 0.29) is 24.0 Å². The van der Waals surface area contributed by atoms with E-state index in [1.165, 1.54) is 4.68 Å². The van der Waals surface area contributed by atoms with Crippen molar-refractivity contribution in [3.05, 3.63) is 64.3 Å². The zero-order chi connectivity index (χ0) is 21.1.